The third-order valence-electron chi connectivity index (χ3n) is 3.36. The highest BCUT2D eigenvalue weighted by molar-refractivity contribution is 5.92. The molecule has 0 aliphatic carbocycles. The molecule has 25 heavy (non-hydrogen) atoms. The normalized spacial score (nSPS) is 10.2. The zero-order valence-electron chi connectivity index (χ0n) is 13.5. The summed E-state index contributed by atoms with van der Waals surface area (Å²) in [5, 5.41) is 24.3. The highest BCUT2D eigenvalue weighted by Gasteiger charge is 2.17. The smallest absolute Gasteiger partial charge is 0.310 e. The number of benzene rings is 2. The number of carbonyl (C=O) groups excluding carboxylic acids is 1. The Bertz CT molecular complexity index is 850. The largest absolute Gasteiger partial charge is 0.477 e. The van der Waals surface area contributed by atoms with Crippen molar-refractivity contribution in [2.24, 2.45) is 0 Å². The number of anilines is 1. The molecule has 0 bridgehead atoms. The van der Waals surface area contributed by atoms with Crippen molar-refractivity contribution < 1.29 is 19.4 Å². The number of hydrogen-bond donors (Lipinski definition) is 1. The lowest BCUT2D eigenvalue weighted by atomic mass is 10.2. The molecule has 0 saturated carbocycles. The van der Waals surface area contributed by atoms with Gasteiger partial charge >= 0.3 is 5.69 Å². The Morgan fingerprint density at radius 2 is 1.72 bits per heavy atom. The summed E-state index contributed by atoms with van der Waals surface area (Å²) < 4.78 is 5.23. The van der Waals surface area contributed by atoms with Crippen LogP contribution in [0.2, 0.25) is 0 Å². The zero-order valence-corrected chi connectivity index (χ0v) is 13.5. The molecule has 2 aromatic rings. The molecule has 0 saturated heterocycles. The van der Waals surface area contributed by atoms with Crippen molar-refractivity contribution in [2.45, 2.75) is 13.8 Å². The van der Waals surface area contributed by atoms with Gasteiger partial charge in [-0.3, -0.25) is 25.0 Å². The van der Waals surface area contributed by atoms with Crippen LogP contribution in [-0.4, -0.2) is 22.4 Å². The summed E-state index contributed by atoms with van der Waals surface area (Å²) >= 11 is 0. The Labute approximate surface area is 142 Å². The van der Waals surface area contributed by atoms with E-state index in [-0.39, 0.29) is 22.8 Å². The molecule has 0 spiro atoms. The van der Waals surface area contributed by atoms with Crippen molar-refractivity contribution in [3.8, 4) is 5.75 Å². The number of rotatable bonds is 6. The molecule has 0 aliphatic heterocycles. The van der Waals surface area contributed by atoms with Crippen LogP contribution in [0.5, 0.6) is 5.75 Å². The average molecular weight is 345 g/mol. The van der Waals surface area contributed by atoms with Crippen LogP contribution in [0.3, 0.4) is 0 Å². The van der Waals surface area contributed by atoms with Crippen LogP contribution in [0, 0.1) is 34.1 Å². The van der Waals surface area contributed by atoms with Gasteiger partial charge in [-0.1, -0.05) is 12.1 Å². The van der Waals surface area contributed by atoms with Crippen molar-refractivity contribution in [2.75, 3.05) is 11.9 Å². The summed E-state index contributed by atoms with van der Waals surface area (Å²) in [4.78, 5) is 32.7. The minimum atomic E-state index is -0.601. The summed E-state index contributed by atoms with van der Waals surface area (Å²) in [5.74, 6) is -0.607. The van der Waals surface area contributed by atoms with E-state index < -0.39 is 22.4 Å². The summed E-state index contributed by atoms with van der Waals surface area (Å²) in [6.07, 6.45) is 0. The standard InChI is InChI=1S/C16H15N3O6/c1-10-3-6-13(18(21)22)15(7-10)25-9-16(20)17-12-5-4-11(2)14(8-12)19(23)24/h3-8H,9H2,1-2H3,(H,17,20). The maximum Gasteiger partial charge on any atom is 0.310 e. The molecule has 0 heterocycles. The van der Waals surface area contributed by atoms with E-state index in [1.165, 1.54) is 30.3 Å². The average Bonchev–Trinajstić information content (AvgIpc) is 2.54. The van der Waals surface area contributed by atoms with E-state index in [2.05, 4.69) is 5.32 Å². The second-order valence-corrected chi connectivity index (χ2v) is 5.32. The van der Waals surface area contributed by atoms with Crippen molar-refractivity contribution in [1.82, 2.24) is 0 Å². The number of amides is 1. The van der Waals surface area contributed by atoms with E-state index in [0.29, 0.717) is 5.56 Å². The fraction of sp³-hybridized carbons (Fsp3) is 0.188. The first-order valence-electron chi connectivity index (χ1n) is 7.20. The van der Waals surface area contributed by atoms with E-state index in [1.807, 2.05) is 0 Å². The molecular weight excluding hydrogens is 330 g/mol. The second kappa shape index (κ2) is 7.39. The van der Waals surface area contributed by atoms with Gasteiger partial charge in [0.25, 0.3) is 11.6 Å². The summed E-state index contributed by atoms with van der Waals surface area (Å²) in [7, 11) is 0. The van der Waals surface area contributed by atoms with Gasteiger partial charge in [0.1, 0.15) is 0 Å². The van der Waals surface area contributed by atoms with E-state index in [0.717, 1.165) is 5.56 Å². The quantitative estimate of drug-likeness (QED) is 0.633. The van der Waals surface area contributed by atoms with Crippen molar-refractivity contribution in [3.05, 3.63) is 67.8 Å². The van der Waals surface area contributed by atoms with E-state index in [9.17, 15) is 25.0 Å². The van der Waals surface area contributed by atoms with Crippen molar-refractivity contribution in [3.63, 3.8) is 0 Å². The topological polar surface area (TPSA) is 125 Å². The molecule has 130 valence electrons. The number of carbonyl (C=O) groups is 1. The molecule has 0 fully saturated rings. The SMILES string of the molecule is Cc1ccc([N+](=O)[O-])c(OCC(=O)Nc2ccc(C)c([N+](=O)[O-])c2)c1. The van der Waals surface area contributed by atoms with Crippen LogP contribution >= 0.6 is 0 Å². The fourth-order valence-corrected chi connectivity index (χ4v) is 2.11. The molecule has 1 N–H and O–H groups in total. The predicted octanol–water partition coefficient (Wildman–Crippen LogP) is 3.14. The van der Waals surface area contributed by atoms with Gasteiger partial charge in [0.05, 0.1) is 9.85 Å². The Kier molecular flexibility index (Phi) is 5.28. The van der Waals surface area contributed by atoms with Gasteiger partial charge in [-0.05, 0) is 31.5 Å². The molecule has 0 atom stereocenters. The van der Waals surface area contributed by atoms with Gasteiger partial charge in [-0.25, -0.2) is 0 Å². The van der Waals surface area contributed by atoms with Crippen LogP contribution in [0.1, 0.15) is 11.1 Å². The molecule has 0 aliphatic rings. The highest BCUT2D eigenvalue weighted by Crippen LogP contribution is 2.28. The third-order valence-corrected chi connectivity index (χ3v) is 3.36. The van der Waals surface area contributed by atoms with E-state index in [4.69, 9.17) is 4.74 Å². The van der Waals surface area contributed by atoms with Crippen molar-refractivity contribution in [1.29, 1.82) is 0 Å². The number of aryl methyl sites for hydroxylation is 2. The molecule has 0 radical (unpaired) electrons. The second-order valence-electron chi connectivity index (χ2n) is 5.32. The lowest BCUT2D eigenvalue weighted by Gasteiger charge is -2.09. The molecule has 0 aromatic heterocycles. The van der Waals surface area contributed by atoms with Crippen LogP contribution < -0.4 is 10.1 Å². The third kappa shape index (κ3) is 4.50. The number of nitrogens with zero attached hydrogens (tertiary/aromatic N) is 2. The van der Waals surface area contributed by atoms with Crippen LogP contribution in [0.4, 0.5) is 17.1 Å². The summed E-state index contributed by atoms with van der Waals surface area (Å²) in [6, 6.07) is 8.60. The Hall–Kier alpha value is -3.49. The maximum atomic E-state index is 11.9. The minimum Gasteiger partial charge on any atom is -0.477 e. The Morgan fingerprint density at radius 1 is 1.04 bits per heavy atom. The molecular formula is C16H15N3O6. The monoisotopic (exact) mass is 345 g/mol. The molecule has 9 heteroatoms. The Morgan fingerprint density at radius 3 is 2.36 bits per heavy atom. The van der Waals surface area contributed by atoms with Crippen LogP contribution in [0.15, 0.2) is 36.4 Å². The number of ether oxygens (including phenoxy) is 1. The molecule has 2 aromatic carbocycles. The van der Waals surface area contributed by atoms with Crippen LogP contribution in [0.25, 0.3) is 0 Å². The van der Waals surface area contributed by atoms with Gasteiger partial charge in [0.15, 0.2) is 12.4 Å². The number of nitro groups is 2. The van der Waals surface area contributed by atoms with Gasteiger partial charge in [0, 0.05) is 23.4 Å². The van der Waals surface area contributed by atoms with Gasteiger partial charge in [-0.2, -0.15) is 0 Å². The van der Waals surface area contributed by atoms with E-state index in [1.54, 1.807) is 19.9 Å². The van der Waals surface area contributed by atoms with Gasteiger partial charge < -0.3 is 10.1 Å². The first-order chi connectivity index (χ1) is 11.8. The van der Waals surface area contributed by atoms with Crippen molar-refractivity contribution >= 4 is 23.0 Å². The molecule has 2 rings (SSSR count). The highest BCUT2D eigenvalue weighted by atomic mass is 16.6. The molecule has 0 unspecified atom stereocenters. The van der Waals surface area contributed by atoms with Gasteiger partial charge in [0.2, 0.25) is 0 Å². The first-order valence-corrected chi connectivity index (χ1v) is 7.20. The fourth-order valence-electron chi connectivity index (χ4n) is 2.11. The number of hydrogen-bond acceptors (Lipinski definition) is 6. The first kappa shape index (κ1) is 17.9. The predicted molar refractivity (Wildman–Crippen MR) is 89.8 cm³/mol. The maximum absolute atomic E-state index is 11.9. The number of nitro benzene ring substituents is 2. The van der Waals surface area contributed by atoms with Crippen LogP contribution in [-0.2, 0) is 4.79 Å². The zero-order chi connectivity index (χ0) is 18.6. The minimum absolute atomic E-state index is 0.0185. The number of nitrogens with one attached hydrogen (secondary N) is 1. The summed E-state index contributed by atoms with van der Waals surface area (Å²) in [6.45, 7) is 2.86. The van der Waals surface area contributed by atoms with E-state index >= 15 is 0 Å². The lowest BCUT2D eigenvalue weighted by molar-refractivity contribution is -0.385. The Balaban J connectivity index is 2.07. The van der Waals surface area contributed by atoms with Gasteiger partial charge in [-0.15, -0.1) is 0 Å². The summed E-state index contributed by atoms with van der Waals surface area (Å²) in [5.41, 5.74) is 1.09. The molecule has 9 nitrogen and oxygen atoms in total. The lowest BCUT2D eigenvalue weighted by Crippen LogP contribution is -2.20. The molecule has 1 amide bonds.